The van der Waals surface area contributed by atoms with E-state index in [0.717, 1.165) is 0 Å². The maximum absolute atomic E-state index is 10.8. The first-order valence-electron chi connectivity index (χ1n) is 3.78. The molecule has 0 unspecified atom stereocenters. The summed E-state index contributed by atoms with van der Waals surface area (Å²) in [5.41, 5.74) is 0. The molecule has 0 bridgehead atoms. The molecule has 68 valence electrons. The van der Waals surface area contributed by atoms with E-state index in [4.69, 9.17) is 0 Å². The first kappa shape index (κ1) is 10.7. The quantitative estimate of drug-likeness (QED) is 0.285. The Hall–Kier alpha value is -1.32. The van der Waals surface area contributed by atoms with Gasteiger partial charge in [-0.05, 0) is 13.3 Å². The first-order chi connectivity index (χ1) is 5.72. The lowest BCUT2D eigenvalue weighted by atomic mass is 10.4. The van der Waals surface area contributed by atoms with E-state index in [-0.39, 0.29) is 6.61 Å². The number of amides is 1. The Morgan fingerprint density at radius 2 is 2.25 bits per heavy atom. The third kappa shape index (κ3) is 4.49. The number of esters is 1. The summed E-state index contributed by atoms with van der Waals surface area (Å²) in [6, 6.07) is 0. The summed E-state index contributed by atoms with van der Waals surface area (Å²) in [4.78, 5) is 21.5. The van der Waals surface area contributed by atoms with Crippen LogP contribution in [0.3, 0.4) is 0 Å². The van der Waals surface area contributed by atoms with Crippen molar-refractivity contribution in [3.63, 3.8) is 0 Å². The van der Waals surface area contributed by atoms with Gasteiger partial charge in [0, 0.05) is 6.54 Å². The van der Waals surface area contributed by atoms with Crippen molar-refractivity contribution in [2.75, 3.05) is 13.2 Å². The summed E-state index contributed by atoms with van der Waals surface area (Å²) in [6.07, 6.45) is 2.30. The highest BCUT2D eigenvalue weighted by Gasteiger charge is 2.12. The third-order valence-corrected chi connectivity index (χ3v) is 1.09. The lowest BCUT2D eigenvalue weighted by molar-refractivity contribution is -0.154. The third-order valence-electron chi connectivity index (χ3n) is 1.09. The van der Waals surface area contributed by atoms with Crippen molar-refractivity contribution < 1.29 is 14.3 Å². The van der Waals surface area contributed by atoms with E-state index in [1.807, 2.05) is 0 Å². The van der Waals surface area contributed by atoms with Crippen molar-refractivity contribution in [3.05, 3.63) is 12.7 Å². The fraction of sp³-hybridized carbons (Fsp3) is 0.500. The molecule has 0 aliphatic carbocycles. The maximum atomic E-state index is 10.8. The zero-order valence-electron chi connectivity index (χ0n) is 7.13. The average Bonchev–Trinajstić information content (AvgIpc) is 2.05. The second kappa shape index (κ2) is 6.39. The van der Waals surface area contributed by atoms with Crippen molar-refractivity contribution in [1.82, 2.24) is 5.32 Å². The van der Waals surface area contributed by atoms with Gasteiger partial charge >= 0.3 is 11.9 Å². The van der Waals surface area contributed by atoms with Gasteiger partial charge in [-0.1, -0.05) is 6.08 Å². The number of carbonyl (C=O) groups is 2. The highest BCUT2D eigenvalue weighted by molar-refractivity contribution is 6.32. The summed E-state index contributed by atoms with van der Waals surface area (Å²) < 4.78 is 4.46. The Morgan fingerprint density at radius 1 is 1.58 bits per heavy atom. The van der Waals surface area contributed by atoms with Gasteiger partial charge in [0.15, 0.2) is 0 Å². The standard InChI is InChI=1S/C8H13NO3/c1-3-5-6-9-7(10)8(11)12-4-2/h3H,1,4-6H2,2H3,(H,9,10). The molecule has 0 saturated carbocycles. The maximum Gasteiger partial charge on any atom is 0.396 e. The molecule has 4 nitrogen and oxygen atoms in total. The monoisotopic (exact) mass is 171 g/mol. The minimum atomic E-state index is -0.832. The van der Waals surface area contributed by atoms with Crippen LogP contribution >= 0.6 is 0 Å². The summed E-state index contributed by atoms with van der Waals surface area (Å²) in [7, 11) is 0. The molecule has 12 heavy (non-hydrogen) atoms. The van der Waals surface area contributed by atoms with E-state index < -0.39 is 11.9 Å². The molecule has 0 rings (SSSR count). The van der Waals surface area contributed by atoms with Crippen LogP contribution in [0.15, 0.2) is 12.7 Å². The predicted octanol–water partition coefficient (Wildman–Crippen LogP) is 0.242. The highest BCUT2D eigenvalue weighted by Crippen LogP contribution is 1.80. The second-order valence-corrected chi connectivity index (χ2v) is 2.05. The molecule has 0 aliphatic heterocycles. The molecule has 1 N–H and O–H groups in total. The molecule has 1 amide bonds. The Balaban J connectivity index is 3.57. The Morgan fingerprint density at radius 3 is 2.75 bits per heavy atom. The van der Waals surface area contributed by atoms with Gasteiger partial charge in [-0.25, -0.2) is 4.79 Å². The van der Waals surface area contributed by atoms with E-state index in [1.54, 1.807) is 13.0 Å². The van der Waals surface area contributed by atoms with Gasteiger partial charge in [0.25, 0.3) is 0 Å². The topological polar surface area (TPSA) is 55.4 Å². The van der Waals surface area contributed by atoms with E-state index in [1.165, 1.54) is 0 Å². The minimum absolute atomic E-state index is 0.216. The molecular formula is C8H13NO3. The van der Waals surface area contributed by atoms with Crippen LogP contribution in [0.25, 0.3) is 0 Å². The molecule has 0 radical (unpaired) electrons. The minimum Gasteiger partial charge on any atom is -0.459 e. The van der Waals surface area contributed by atoms with Crippen molar-refractivity contribution >= 4 is 11.9 Å². The molecule has 0 aromatic rings. The number of ether oxygens (including phenoxy) is 1. The molecule has 0 atom stereocenters. The van der Waals surface area contributed by atoms with E-state index in [0.29, 0.717) is 13.0 Å². The van der Waals surface area contributed by atoms with E-state index >= 15 is 0 Å². The SMILES string of the molecule is C=CCCNC(=O)C(=O)OCC. The Labute approximate surface area is 71.6 Å². The number of nitrogens with one attached hydrogen (secondary N) is 1. The van der Waals surface area contributed by atoms with Gasteiger partial charge in [-0.3, -0.25) is 4.79 Å². The van der Waals surface area contributed by atoms with Gasteiger partial charge in [0.1, 0.15) is 0 Å². The van der Waals surface area contributed by atoms with Crippen molar-refractivity contribution in [3.8, 4) is 0 Å². The lowest BCUT2D eigenvalue weighted by Gasteiger charge is -2.01. The zero-order valence-corrected chi connectivity index (χ0v) is 7.13. The van der Waals surface area contributed by atoms with Crippen LogP contribution in [-0.4, -0.2) is 25.0 Å². The predicted molar refractivity (Wildman–Crippen MR) is 44.5 cm³/mol. The highest BCUT2D eigenvalue weighted by atomic mass is 16.5. The molecule has 0 fully saturated rings. The van der Waals surface area contributed by atoms with E-state index in [9.17, 15) is 9.59 Å². The summed E-state index contributed by atoms with van der Waals surface area (Å²) in [5.74, 6) is -1.53. The van der Waals surface area contributed by atoms with Gasteiger partial charge in [-0.15, -0.1) is 6.58 Å². The normalized spacial score (nSPS) is 8.75. The first-order valence-corrected chi connectivity index (χ1v) is 3.78. The van der Waals surface area contributed by atoms with Crippen LogP contribution in [-0.2, 0) is 14.3 Å². The van der Waals surface area contributed by atoms with Gasteiger partial charge in [0.2, 0.25) is 0 Å². The fourth-order valence-electron chi connectivity index (χ4n) is 0.557. The second-order valence-electron chi connectivity index (χ2n) is 2.05. The number of rotatable bonds is 4. The Bertz CT molecular complexity index is 177. The van der Waals surface area contributed by atoms with Crippen LogP contribution in [0.1, 0.15) is 13.3 Å². The van der Waals surface area contributed by atoms with Gasteiger partial charge in [0.05, 0.1) is 6.61 Å². The van der Waals surface area contributed by atoms with Crippen LogP contribution < -0.4 is 5.32 Å². The van der Waals surface area contributed by atoms with Crippen molar-refractivity contribution in [2.45, 2.75) is 13.3 Å². The van der Waals surface area contributed by atoms with Crippen molar-refractivity contribution in [1.29, 1.82) is 0 Å². The largest absolute Gasteiger partial charge is 0.459 e. The smallest absolute Gasteiger partial charge is 0.396 e. The van der Waals surface area contributed by atoms with Crippen LogP contribution in [0, 0.1) is 0 Å². The molecular weight excluding hydrogens is 158 g/mol. The zero-order chi connectivity index (χ0) is 9.40. The number of hydrogen-bond donors (Lipinski definition) is 1. The van der Waals surface area contributed by atoms with Crippen LogP contribution in [0.4, 0.5) is 0 Å². The lowest BCUT2D eigenvalue weighted by Crippen LogP contribution is -2.32. The Kier molecular flexibility index (Phi) is 5.69. The molecule has 0 aliphatic rings. The molecule has 0 saturated heterocycles. The number of carbonyl (C=O) groups excluding carboxylic acids is 2. The molecule has 0 heterocycles. The average molecular weight is 171 g/mol. The number of hydrogen-bond acceptors (Lipinski definition) is 3. The molecule has 4 heteroatoms. The van der Waals surface area contributed by atoms with E-state index in [2.05, 4.69) is 16.6 Å². The van der Waals surface area contributed by atoms with Gasteiger partial charge < -0.3 is 10.1 Å². The molecule has 0 spiro atoms. The fourth-order valence-corrected chi connectivity index (χ4v) is 0.557. The van der Waals surface area contributed by atoms with Gasteiger partial charge in [-0.2, -0.15) is 0 Å². The van der Waals surface area contributed by atoms with Crippen LogP contribution in [0.2, 0.25) is 0 Å². The molecule has 0 aromatic heterocycles. The summed E-state index contributed by atoms with van der Waals surface area (Å²) in [5, 5.41) is 2.38. The molecule has 0 aromatic carbocycles. The summed E-state index contributed by atoms with van der Waals surface area (Å²) in [6.45, 7) is 5.75. The van der Waals surface area contributed by atoms with Crippen molar-refractivity contribution in [2.24, 2.45) is 0 Å². The summed E-state index contributed by atoms with van der Waals surface area (Å²) >= 11 is 0. The van der Waals surface area contributed by atoms with Crippen LogP contribution in [0.5, 0.6) is 0 Å².